The fourth-order valence-electron chi connectivity index (χ4n) is 2.76. The second-order valence-electron chi connectivity index (χ2n) is 6.01. The number of nitrogen functional groups attached to an aromatic ring is 1. The number of phenolic OH excluding ortho intramolecular Hbond substituents is 1. The lowest BCUT2D eigenvalue weighted by atomic mass is 10.1. The molecule has 3 aromatic carbocycles. The van der Waals surface area contributed by atoms with E-state index in [-0.39, 0.29) is 16.6 Å². The van der Waals surface area contributed by atoms with E-state index < -0.39 is 47.1 Å². The van der Waals surface area contributed by atoms with Crippen molar-refractivity contribution < 1.29 is 35.8 Å². The molecule has 0 heterocycles. The second kappa shape index (κ2) is 7.00. The Labute approximate surface area is 165 Å². The molecule has 0 spiro atoms. The van der Waals surface area contributed by atoms with E-state index in [1.54, 1.807) is 12.1 Å². The van der Waals surface area contributed by atoms with E-state index in [0.29, 0.717) is 11.8 Å². The molecule has 0 bridgehead atoms. The zero-order chi connectivity index (χ0) is 21.6. The third kappa shape index (κ3) is 4.14. The average Bonchev–Trinajstić information content (AvgIpc) is 2.59. The molecule has 0 atom stereocenters. The molecule has 6 N–H and O–H groups in total. The molecule has 152 valence electrons. The molecule has 3 aromatic rings. The molecule has 0 unspecified atom stereocenters. The minimum absolute atomic E-state index is 0.0702. The molecule has 3 rings (SSSR count). The summed E-state index contributed by atoms with van der Waals surface area (Å²) in [5.41, 5.74) is 6.06. The van der Waals surface area contributed by atoms with Gasteiger partial charge in [-0.25, -0.2) is 0 Å². The molecule has 1 amide bonds. The van der Waals surface area contributed by atoms with Crippen LogP contribution in [-0.2, 0) is 20.2 Å². The summed E-state index contributed by atoms with van der Waals surface area (Å²) < 4.78 is 64.8. The van der Waals surface area contributed by atoms with E-state index in [2.05, 4.69) is 5.32 Å². The van der Waals surface area contributed by atoms with Crippen molar-refractivity contribution in [1.82, 2.24) is 0 Å². The highest BCUT2D eigenvalue weighted by Crippen LogP contribution is 2.38. The van der Waals surface area contributed by atoms with Crippen LogP contribution in [0.2, 0.25) is 0 Å². The van der Waals surface area contributed by atoms with Crippen LogP contribution in [0.1, 0.15) is 10.4 Å². The van der Waals surface area contributed by atoms with Gasteiger partial charge in [0.2, 0.25) is 0 Å². The number of phenols is 1. The van der Waals surface area contributed by atoms with Crippen LogP contribution in [0.15, 0.2) is 58.3 Å². The van der Waals surface area contributed by atoms with Crippen molar-refractivity contribution in [2.45, 2.75) is 9.79 Å². The van der Waals surface area contributed by atoms with Gasteiger partial charge in [0.25, 0.3) is 26.1 Å². The lowest BCUT2D eigenvalue weighted by molar-refractivity contribution is 0.102. The second-order valence-corrected chi connectivity index (χ2v) is 8.82. The maximum Gasteiger partial charge on any atom is 0.295 e. The number of hydrogen-bond donors (Lipinski definition) is 5. The van der Waals surface area contributed by atoms with Crippen molar-refractivity contribution in [3.05, 3.63) is 54.1 Å². The van der Waals surface area contributed by atoms with Crippen molar-refractivity contribution in [1.29, 1.82) is 0 Å². The number of hydrogen-bond acceptors (Lipinski definition) is 7. The molecular weight excluding hydrogens is 424 g/mol. The Balaban J connectivity index is 2.25. The SMILES string of the molecule is Nc1cccc(C(=O)Nc2ccc(S(=O)(=O)O)c3cc(S(=O)(=O)O)cc(O)c23)c1. The Morgan fingerprint density at radius 3 is 2.21 bits per heavy atom. The van der Waals surface area contributed by atoms with Gasteiger partial charge in [-0.3, -0.25) is 13.9 Å². The van der Waals surface area contributed by atoms with Crippen molar-refractivity contribution in [3.8, 4) is 5.75 Å². The zero-order valence-corrected chi connectivity index (χ0v) is 16.0. The van der Waals surface area contributed by atoms with Gasteiger partial charge in [-0.2, -0.15) is 16.8 Å². The van der Waals surface area contributed by atoms with E-state index in [1.165, 1.54) is 12.1 Å². The number of amides is 1. The quantitative estimate of drug-likeness (QED) is 0.299. The van der Waals surface area contributed by atoms with Gasteiger partial charge in [-0.1, -0.05) is 6.07 Å². The molecule has 0 radical (unpaired) electrons. The summed E-state index contributed by atoms with van der Waals surface area (Å²) in [5, 5.41) is 12.1. The number of nitrogens with two attached hydrogens (primary N) is 1. The van der Waals surface area contributed by atoms with Gasteiger partial charge in [-0.15, -0.1) is 0 Å². The van der Waals surface area contributed by atoms with Crippen LogP contribution in [0.4, 0.5) is 11.4 Å². The van der Waals surface area contributed by atoms with E-state index in [0.717, 1.165) is 18.2 Å². The largest absolute Gasteiger partial charge is 0.507 e. The normalized spacial score (nSPS) is 12.1. The number of aromatic hydroxyl groups is 1. The summed E-state index contributed by atoms with van der Waals surface area (Å²) >= 11 is 0. The number of benzene rings is 3. The van der Waals surface area contributed by atoms with E-state index >= 15 is 0 Å². The molecule has 12 heteroatoms. The third-order valence-electron chi connectivity index (χ3n) is 4.00. The molecule has 0 aliphatic heterocycles. The van der Waals surface area contributed by atoms with Gasteiger partial charge < -0.3 is 16.2 Å². The molecule has 0 aliphatic carbocycles. The monoisotopic (exact) mass is 438 g/mol. The molecule has 0 saturated carbocycles. The Kier molecular flexibility index (Phi) is 4.96. The van der Waals surface area contributed by atoms with Crippen molar-refractivity contribution in [2.75, 3.05) is 11.1 Å². The van der Waals surface area contributed by atoms with Gasteiger partial charge in [0.15, 0.2) is 0 Å². The number of fused-ring (bicyclic) bond motifs is 1. The van der Waals surface area contributed by atoms with Crippen LogP contribution < -0.4 is 11.1 Å². The maximum atomic E-state index is 12.5. The number of rotatable bonds is 4. The highest BCUT2D eigenvalue weighted by molar-refractivity contribution is 7.86. The predicted molar refractivity (Wildman–Crippen MR) is 104 cm³/mol. The van der Waals surface area contributed by atoms with Crippen LogP contribution in [0.5, 0.6) is 5.75 Å². The highest BCUT2D eigenvalue weighted by Gasteiger charge is 2.23. The van der Waals surface area contributed by atoms with E-state index in [4.69, 9.17) is 5.73 Å². The summed E-state index contributed by atoms with van der Waals surface area (Å²) in [6.07, 6.45) is 0. The van der Waals surface area contributed by atoms with Crippen LogP contribution >= 0.6 is 0 Å². The third-order valence-corrected chi connectivity index (χ3v) is 5.74. The maximum absolute atomic E-state index is 12.5. The molecule has 10 nitrogen and oxygen atoms in total. The van der Waals surface area contributed by atoms with E-state index in [9.17, 15) is 35.8 Å². The zero-order valence-electron chi connectivity index (χ0n) is 14.4. The lowest BCUT2D eigenvalue weighted by Gasteiger charge is -2.14. The minimum Gasteiger partial charge on any atom is -0.507 e. The summed E-state index contributed by atoms with van der Waals surface area (Å²) in [7, 11) is -9.63. The fraction of sp³-hybridized carbons (Fsp3) is 0. The number of carbonyl (C=O) groups excluding carboxylic acids is 1. The standard InChI is InChI=1S/C17H14N2O8S2/c18-10-3-1-2-9(6-10)17(21)19-13-4-5-15(29(25,26)27)12-7-11(28(22,23)24)8-14(20)16(12)13/h1-8,20H,18H2,(H,19,21)(H,22,23,24)(H,25,26,27). The Morgan fingerprint density at radius 1 is 0.931 bits per heavy atom. The first-order chi connectivity index (χ1) is 13.4. The topological polar surface area (TPSA) is 184 Å². The average molecular weight is 438 g/mol. The first-order valence-corrected chi connectivity index (χ1v) is 10.7. The molecule has 29 heavy (non-hydrogen) atoms. The molecule has 0 saturated heterocycles. The van der Waals surface area contributed by atoms with Crippen LogP contribution in [0.3, 0.4) is 0 Å². The van der Waals surface area contributed by atoms with Gasteiger partial charge in [0.05, 0.1) is 10.6 Å². The summed E-state index contributed by atoms with van der Waals surface area (Å²) in [6, 6.07) is 9.43. The lowest BCUT2D eigenvalue weighted by Crippen LogP contribution is -2.13. The number of anilines is 2. The van der Waals surface area contributed by atoms with Gasteiger partial charge in [0, 0.05) is 28.1 Å². The molecular formula is C17H14N2O8S2. The molecule has 0 aliphatic rings. The predicted octanol–water partition coefficient (Wildman–Crippen LogP) is 1.87. The fourth-order valence-corrected chi connectivity index (χ4v) is 3.97. The number of carbonyl (C=O) groups is 1. The molecule has 0 aromatic heterocycles. The Morgan fingerprint density at radius 2 is 1.62 bits per heavy atom. The first kappa shape index (κ1) is 20.5. The summed E-state index contributed by atoms with van der Waals surface area (Å²) in [4.78, 5) is 11.0. The van der Waals surface area contributed by atoms with Crippen molar-refractivity contribution >= 4 is 48.3 Å². The summed E-state index contributed by atoms with van der Waals surface area (Å²) in [5.74, 6) is -1.39. The number of nitrogens with one attached hydrogen (secondary N) is 1. The Bertz CT molecular complexity index is 1370. The minimum atomic E-state index is -4.83. The summed E-state index contributed by atoms with van der Waals surface area (Å²) in [6.45, 7) is 0. The van der Waals surface area contributed by atoms with Gasteiger partial charge >= 0.3 is 0 Å². The van der Waals surface area contributed by atoms with Crippen molar-refractivity contribution in [2.24, 2.45) is 0 Å². The van der Waals surface area contributed by atoms with Gasteiger partial charge in [0.1, 0.15) is 10.6 Å². The highest BCUT2D eigenvalue weighted by atomic mass is 32.2. The van der Waals surface area contributed by atoms with Crippen LogP contribution in [0, 0.1) is 0 Å². The molecule has 0 fully saturated rings. The van der Waals surface area contributed by atoms with Crippen LogP contribution in [-0.4, -0.2) is 37.0 Å². The van der Waals surface area contributed by atoms with Crippen LogP contribution in [0.25, 0.3) is 10.8 Å². The van der Waals surface area contributed by atoms with E-state index in [1.807, 2.05) is 0 Å². The first-order valence-electron chi connectivity index (χ1n) is 7.79. The van der Waals surface area contributed by atoms with Gasteiger partial charge in [-0.05, 0) is 36.4 Å². The Hall–Kier alpha value is -3.19. The van der Waals surface area contributed by atoms with Crippen molar-refractivity contribution in [3.63, 3.8) is 0 Å². The smallest absolute Gasteiger partial charge is 0.295 e.